The van der Waals surface area contributed by atoms with Crippen LogP contribution >= 0.6 is 0 Å². The number of hydrogen-bond acceptors (Lipinski definition) is 2. The standard InChI is InChI=1S/C15H22N2O2/c1-12(18)17(13-8-6-5-7-9-13)11-10-16-14(19)15(2,3)4/h5-9H,10-11H2,1-4H3,(H,16,19). The van der Waals surface area contributed by atoms with Crippen LogP contribution in [0.1, 0.15) is 27.7 Å². The largest absolute Gasteiger partial charge is 0.354 e. The van der Waals surface area contributed by atoms with Gasteiger partial charge in [0.2, 0.25) is 11.8 Å². The maximum atomic E-state index is 11.7. The molecular weight excluding hydrogens is 240 g/mol. The van der Waals surface area contributed by atoms with Gasteiger partial charge in [0, 0.05) is 31.1 Å². The Morgan fingerprint density at radius 3 is 2.21 bits per heavy atom. The quantitative estimate of drug-likeness (QED) is 0.904. The summed E-state index contributed by atoms with van der Waals surface area (Å²) in [4.78, 5) is 25.0. The molecule has 19 heavy (non-hydrogen) atoms. The first kappa shape index (κ1) is 15.2. The Hall–Kier alpha value is -1.84. The summed E-state index contributed by atoms with van der Waals surface area (Å²) >= 11 is 0. The number of carbonyl (C=O) groups excluding carboxylic acids is 2. The van der Waals surface area contributed by atoms with Crippen LogP contribution in [0.4, 0.5) is 5.69 Å². The highest BCUT2D eigenvalue weighted by Crippen LogP contribution is 2.14. The molecule has 104 valence electrons. The monoisotopic (exact) mass is 262 g/mol. The molecule has 1 N–H and O–H groups in total. The van der Waals surface area contributed by atoms with E-state index in [2.05, 4.69) is 5.32 Å². The first-order valence-electron chi connectivity index (χ1n) is 6.44. The molecule has 0 spiro atoms. The highest BCUT2D eigenvalue weighted by Gasteiger charge is 2.21. The van der Waals surface area contributed by atoms with Crippen LogP contribution in [0.15, 0.2) is 30.3 Å². The van der Waals surface area contributed by atoms with Gasteiger partial charge in [-0.15, -0.1) is 0 Å². The van der Waals surface area contributed by atoms with Gasteiger partial charge in [-0.1, -0.05) is 39.0 Å². The van der Waals surface area contributed by atoms with Crippen LogP contribution in [0.25, 0.3) is 0 Å². The lowest BCUT2D eigenvalue weighted by Gasteiger charge is -2.23. The number of rotatable bonds is 4. The molecule has 0 aliphatic heterocycles. The molecule has 0 radical (unpaired) electrons. The molecule has 4 heteroatoms. The number of nitrogens with one attached hydrogen (secondary N) is 1. The molecule has 0 fully saturated rings. The number of para-hydroxylation sites is 1. The zero-order chi connectivity index (χ0) is 14.5. The molecule has 0 aliphatic rings. The van der Waals surface area contributed by atoms with E-state index in [0.717, 1.165) is 5.69 Å². The van der Waals surface area contributed by atoms with Crippen molar-refractivity contribution in [3.8, 4) is 0 Å². The summed E-state index contributed by atoms with van der Waals surface area (Å²) in [6.45, 7) is 8.04. The van der Waals surface area contributed by atoms with E-state index >= 15 is 0 Å². The molecule has 0 bridgehead atoms. The number of hydrogen-bond donors (Lipinski definition) is 1. The van der Waals surface area contributed by atoms with Gasteiger partial charge in [0.25, 0.3) is 0 Å². The first-order chi connectivity index (χ1) is 8.82. The zero-order valence-electron chi connectivity index (χ0n) is 12.1. The van der Waals surface area contributed by atoms with E-state index in [-0.39, 0.29) is 11.8 Å². The lowest BCUT2D eigenvalue weighted by molar-refractivity contribution is -0.128. The molecule has 0 aromatic heterocycles. The molecule has 0 unspecified atom stereocenters. The fourth-order valence-electron chi connectivity index (χ4n) is 1.62. The number of carbonyl (C=O) groups is 2. The lowest BCUT2D eigenvalue weighted by atomic mass is 9.96. The molecule has 4 nitrogen and oxygen atoms in total. The van der Waals surface area contributed by atoms with Crippen molar-refractivity contribution in [2.75, 3.05) is 18.0 Å². The topological polar surface area (TPSA) is 49.4 Å². The highest BCUT2D eigenvalue weighted by atomic mass is 16.2. The second kappa shape index (κ2) is 6.36. The predicted molar refractivity (Wildman–Crippen MR) is 76.9 cm³/mol. The third-order valence-corrected chi connectivity index (χ3v) is 2.75. The SMILES string of the molecule is CC(=O)N(CCNC(=O)C(C)(C)C)c1ccccc1. The fraction of sp³-hybridized carbons (Fsp3) is 0.467. The van der Waals surface area contributed by atoms with Crippen molar-refractivity contribution in [1.82, 2.24) is 5.32 Å². The summed E-state index contributed by atoms with van der Waals surface area (Å²) in [6, 6.07) is 9.45. The van der Waals surface area contributed by atoms with Crippen LogP contribution < -0.4 is 10.2 Å². The lowest BCUT2D eigenvalue weighted by Crippen LogP contribution is -2.41. The minimum Gasteiger partial charge on any atom is -0.354 e. The molecule has 0 saturated carbocycles. The van der Waals surface area contributed by atoms with E-state index in [9.17, 15) is 9.59 Å². The van der Waals surface area contributed by atoms with Crippen molar-refractivity contribution in [3.05, 3.63) is 30.3 Å². The van der Waals surface area contributed by atoms with E-state index in [1.54, 1.807) is 4.90 Å². The number of anilines is 1. The van der Waals surface area contributed by atoms with E-state index in [1.807, 2.05) is 51.1 Å². The average molecular weight is 262 g/mol. The molecule has 0 aliphatic carbocycles. The summed E-state index contributed by atoms with van der Waals surface area (Å²) in [5.41, 5.74) is 0.438. The molecule has 0 saturated heterocycles. The van der Waals surface area contributed by atoms with E-state index < -0.39 is 5.41 Å². The summed E-state index contributed by atoms with van der Waals surface area (Å²) in [5, 5.41) is 2.84. The summed E-state index contributed by atoms with van der Waals surface area (Å²) < 4.78 is 0. The van der Waals surface area contributed by atoms with Gasteiger partial charge in [-0.3, -0.25) is 9.59 Å². The van der Waals surface area contributed by atoms with E-state index in [1.165, 1.54) is 6.92 Å². The van der Waals surface area contributed by atoms with Gasteiger partial charge in [0.15, 0.2) is 0 Å². The third kappa shape index (κ3) is 4.73. The van der Waals surface area contributed by atoms with Gasteiger partial charge in [-0.2, -0.15) is 0 Å². The Labute approximate surface area is 114 Å². The van der Waals surface area contributed by atoms with Crippen LogP contribution in [-0.2, 0) is 9.59 Å². The van der Waals surface area contributed by atoms with Crippen LogP contribution in [-0.4, -0.2) is 24.9 Å². The average Bonchev–Trinajstić information content (AvgIpc) is 2.33. The van der Waals surface area contributed by atoms with E-state index in [0.29, 0.717) is 13.1 Å². The molecule has 0 atom stereocenters. The molecule has 1 aromatic carbocycles. The van der Waals surface area contributed by atoms with Crippen molar-refractivity contribution in [3.63, 3.8) is 0 Å². The van der Waals surface area contributed by atoms with Crippen molar-refractivity contribution in [2.45, 2.75) is 27.7 Å². The van der Waals surface area contributed by atoms with Gasteiger partial charge in [0.05, 0.1) is 0 Å². The van der Waals surface area contributed by atoms with Gasteiger partial charge in [-0.25, -0.2) is 0 Å². The Kier molecular flexibility index (Phi) is 5.10. The second-order valence-corrected chi connectivity index (χ2v) is 5.51. The third-order valence-electron chi connectivity index (χ3n) is 2.75. The number of benzene rings is 1. The smallest absolute Gasteiger partial charge is 0.225 e. The van der Waals surface area contributed by atoms with Gasteiger partial charge >= 0.3 is 0 Å². The number of nitrogens with zero attached hydrogens (tertiary/aromatic N) is 1. The highest BCUT2D eigenvalue weighted by molar-refractivity contribution is 5.91. The maximum Gasteiger partial charge on any atom is 0.225 e. The van der Waals surface area contributed by atoms with Crippen LogP contribution in [0, 0.1) is 5.41 Å². The Balaban J connectivity index is 2.58. The zero-order valence-corrected chi connectivity index (χ0v) is 12.1. The van der Waals surface area contributed by atoms with Crippen molar-refractivity contribution in [2.24, 2.45) is 5.41 Å². The van der Waals surface area contributed by atoms with E-state index in [4.69, 9.17) is 0 Å². The van der Waals surface area contributed by atoms with Crippen LogP contribution in [0.3, 0.4) is 0 Å². The Morgan fingerprint density at radius 2 is 1.74 bits per heavy atom. The van der Waals surface area contributed by atoms with Gasteiger partial charge in [-0.05, 0) is 12.1 Å². The summed E-state index contributed by atoms with van der Waals surface area (Å²) in [7, 11) is 0. The Morgan fingerprint density at radius 1 is 1.16 bits per heavy atom. The minimum absolute atomic E-state index is 0.0101. The Bertz CT molecular complexity index is 435. The summed E-state index contributed by atoms with van der Waals surface area (Å²) in [5.74, 6) is -0.0414. The predicted octanol–water partition coefficient (Wildman–Crippen LogP) is 2.20. The molecular formula is C15H22N2O2. The molecule has 2 amide bonds. The normalized spacial score (nSPS) is 10.9. The minimum atomic E-state index is -0.409. The second-order valence-electron chi connectivity index (χ2n) is 5.51. The number of amides is 2. The van der Waals surface area contributed by atoms with Gasteiger partial charge in [0.1, 0.15) is 0 Å². The van der Waals surface area contributed by atoms with Crippen molar-refractivity contribution < 1.29 is 9.59 Å². The van der Waals surface area contributed by atoms with Crippen molar-refractivity contribution >= 4 is 17.5 Å². The maximum absolute atomic E-state index is 11.7. The van der Waals surface area contributed by atoms with Gasteiger partial charge < -0.3 is 10.2 Å². The first-order valence-corrected chi connectivity index (χ1v) is 6.44. The fourth-order valence-corrected chi connectivity index (χ4v) is 1.62. The molecule has 1 aromatic rings. The van der Waals surface area contributed by atoms with Crippen molar-refractivity contribution in [1.29, 1.82) is 0 Å². The summed E-state index contributed by atoms with van der Waals surface area (Å²) in [6.07, 6.45) is 0. The molecule has 0 heterocycles. The van der Waals surface area contributed by atoms with Crippen LogP contribution in [0.5, 0.6) is 0 Å². The molecule has 1 rings (SSSR count). The van der Waals surface area contributed by atoms with Crippen LogP contribution in [0.2, 0.25) is 0 Å².